The first kappa shape index (κ1) is 26.7. The van der Waals surface area contributed by atoms with Gasteiger partial charge in [-0.05, 0) is 53.4 Å². The summed E-state index contributed by atoms with van der Waals surface area (Å²) in [5, 5.41) is 58.1. The maximum atomic E-state index is 12.1. The molecule has 174 valence electrons. The summed E-state index contributed by atoms with van der Waals surface area (Å²) in [6.45, 7) is 6.20. The van der Waals surface area contributed by atoms with Crippen LogP contribution in [0.4, 0.5) is 0 Å². The second-order valence-corrected chi connectivity index (χ2v) is 8.42. The van der Waals surface area contributed by atoms with Gasteiger partial charge in [-0.15, -0.1) is 0 Å². The first-order valence-electron chi connectivity index (χ1n) is 10.1. The van der Waals surface area contributed by atoms with Crippen molar-refractivity contribution in [3.05, 3.63) is 23.3 Å². The van der Waals surface area contributed by atoms with Crippen LogP contribution < -0.4 is 0 Å². The van der Waals surface area contributed by atoms with Gasteiger partial charge in [0.25, 0.3) is 0 Å². The Labute approximate surface area is 177 Å². The van der Waals surface area contributed by atoms with E-state index < -0.39 is 55.0 Å². The molecule has 30 heavy (non-hydrogen) atoms. The fourth-order valence-corrected chi connectivity index (χ4v) is 2.95. The van der Waals surface area contributed by atoms with Crippen LogP contribution in [-0.2, 0) is 14.3 Å². The number of hydrogen-bond donors (Lipinski definition) is 6. The lowest BCUT2D eigenvalue weighted by Crippen LogP contribution is -2.59. The Bertz CT molecular complexity index is 606. The van der Waals surface area contributed by atoms with Crippen LogP contribution in [0.5, 0.6) is 0 Å². The van der Waals surface area contributed by atoms with Gasteiger partial charge in [0, 0.05) is 6.08 Å². The zero-order valence-corrected chi connectivity index (χ0v) is 18.1. The van der Waals surface area contributed by atoms with Gasteiger partial charge < -0.3 is 40.1 Å². The molecule has 9 nitrogen and oxygen atoms in total. The SMILES string of the molecule is C/C(=C\C(=O)O[C@@H]1O[C@H](CO)[C@@H](O)[C@H](O)[C@H]1O)CC/C=C(\C)CC[C@H](O)C(C)(C)O. The van der Waals surface area contributed by atoms with Gasteiger partial charge in [-0.25, -0.2) is 4.79 Å². The Balaban J connectivity index is 2.49. The molecule has 0 bridgehead atoms. The highest BCUT2D eigenvalue weighted by Crippen LogP contribution is 2.22. The molecule has 0 aromatic carbocycles. The molecule has 1 rings (SSSR count). The predicted molar refractivity (Wildman–Crippen MR) is 108 cm³/mol. The maximum absolute atomic E-state index is 12.1. The molecule has 9 heteroatoms. The Morgan fingerprint density at radius 2 is 1.73 bits per heavy atom. The van der Waals surface area contributed by atoms with Crippen molar-refractivity contribution in [3.8, 4) is 0 Å². The smallest absolute Gasteiger partial charge is 0.333 e. The van der Waals surface area contributed by atoms with Gasteiger partial charge in [0.05, 0.1) is 18.3 Å². The number of allylic oxidation sites excluding steroid dienone is 3. The molecular formula is C21H36O9. The molecular weight excluding hydrogens is 396 g/mol. The van der Waals surface area contributed by atoms with Crippen molar-refractivity contribution in [2.45, 2.75) is 95.8 Å². The molecule has 1 heterocycles. The van der Waals surface area contributed by atoms with Gasteiger partial charge in [-0.1, -0.05) is 17.2 Å². The number of aliphatic hydroxyl groups excluding tert-OH is 5. The number of rotatable bonds is 10. The Morgan fingerprint density at radius 1 is 1.10 bits per heavy atom. The van der Waals surface area contributed by atoms with E-state index >= 15 is 0 Å². The first-order valence-corrected chi connectivity index (χ1v) is 10.1. The van der Waals surface area contributed by atoms with Gasteiger partial charge in [0.15, 0.2) is 0 Å². The van der Waals surface area contributed by atoms with Crippen LogP contribution in [0.15, 0.2) is 23.3 Å². The van der Waals surface area contributed by atoms with E-state index in [0.29, 0.717) is 25.7 Å². The molecule has 1 aliphatic heterocycles. The lowest BCUT2D eigenvalue weighted by atomic mass is 9.95. The minimum Gasteiger partial charge on any atom is -0.430 e. The van der Waals surface area contributed by atoms with Crippen molar-refractivity contribution in [2.24, 2.45) is 0 Å². The molecule has 0 aromatic rings. The van der Waals surface area contributed by atoms with Gasteiger partial charge in [-0.3, -0.25) is 0 Å². The van der Waals surface area contributed by atoms with Gasteiger partial charge in [0.1, 0.15) is 24.4 Å². The third kappa shape index (κ3) is 8.43. The molecule has 0 radical (unpaired) electrons. The van der Waals surface area contributed by atoms with Crippen LogP contribution in [0.25, 0.3) is 0 Å². The van der Waals surface area contributed by atoms with Gasteiger partial charge in [-0.2, -0.15) is 0 Å². The standard InChI is InChI=1S/C21H36O9/c1-12(8-9-15(23)21(3,4)28)6-5-7-13(2)10-16(24)30-20-19(27)18(26)17(25)14(11-22)29-20/h6,10,14-15,17-20,22-23,25-28H,5,7-9,11H2,1-4H3/b12-6+,13-10+/t14-,15+,17-,18+,19-,20+/m1/s1. The summed E-state index contributed by atoms with van der Waals surface area (Å²) in [4.78, 5) is 12.1. The Kier molecular flexibility index (Phi) is 10.6. The molecule has 0 unspecified atom stereocenters. The highest BCUT2D eigenvalue weighted by Gasteiger charge is 2.45. The summed E-state index contributed by atoms with van der Waals surface area (Å²) in [6.07, 6.45) is -2.62. The third-order valence-corrected chi connectivity index (χ3v) is 5.10. The molecule has 6 atom stereocenters. The number of esters is 1. The van der Waals surface area contributed by atoms with E-state index in [1.54, 1.807) is 20.8 Å². The lowest BCUT2D eigenvalue weighted by molar-refractivity contribution is -0.291. The quantitative estimate of drug-likeness (QED) is 0.158. The summed E-state index contributed by atoms with van der Waals surface area (Å²) in [7, 11) is 0. The fraction of sp³-hybridized carbons (Fsp3) is 0.762. The maximum Gasteiger partial charge on any atom is 0.333 e. The van der Waals surface area contributed by atoms with Crippen LogP contribution >= 0.6 is 0 Å². The van der Waals surface area contributed by atoms with Crippen molar-refractivity contribution in [2.75, 3.05) is 6.61 Å². The van der Waals surface area contributed by atoms with Crippen molar-refractivity contribution in [1.29, 1.82) is 0 Å². The number of hydrogen-bond acceptors (Lipinski definition) is 9. The molecule has 0 spiro atoms. The second-order valence-electron chi connectivity index (χ2n) is 8.42. The molecule has 1 aliphatic rings. The van der Waals surface area contributed by atoms with E-state index in [-0.39, 0.29) is 0 Å². The molecule has 0 saturated carbocycles. The summed E-state index contributed by atoms with van der Waals surface area (Å²) in [5.74, 6) is -0.772. The van der Waals surface area contributed by atoms with Gasteiger partial charge in [0.2, 0.25) is 6.29 Å². The van der Waals surface area contributed by atoms with Crippen LogP contribution in [-0.4, -0.2) is 85.6 Å². The van der Waals surface area contributed by atoms with Crippen LogP contribution in [0.3, 0.4) is 0 Å². The molecule has 6 N–H and O–H groups in total. The van der Waals surface area contributed by atoms with Crippen molar-refractivity contribution < 1.29 is 44.9 Å². The monoisotopic (exact) mass is 432 g/mol. The van der Waals surface area contributed by atoms with Crippen LogP contribution in [0.2, 0.25) is 0 Å². The summed E-state index contributed by atoms with van der Waals surface area (Å²) < 4.78 is 10.1. The van der Waals surface area contributed by atoms with Crippen molar-refractivity contribution >= 4 is 5.97 Å². The largest absolute Gasteiger partial charge is 0.430 e. The van der Waals surface area contributed by atoms with E-state index in [1.165, 1.54) is 6.08 Å². The van der Waals surface area contributed by atoms with E-state index in [0.717, 1.165) is 11.1 Å². The number of aliphatic hydroxyl groups is 6. The number of carbonyl (C=O) groups is 1. The second kappa shape index (κ2) is 11.9. The molecule has 1 fully saturated rings. The zero-order valence-electron chi connectivity index (χ0n) is 18.1. The Hall–Kier alpha value is -1.33. The minimum absolute atomic E-state index is 0.450. The van der Waals surface area contributed by atoms with E-state index in [4.69, 9.17) is 14.6 Å². The summed E-state index contributed by atoms with van der Waals surface area (Å²) in [6, 6.07) is 0. The molecule has 0 aromatic heterocycles. The van der Waals surface area contributed by atoms with Crippen LogP contribution in [0.1, 0.15) is 53.4 Å². The molecule has 1 saturated heterocycles. The van der Waals surface area contributed by atoms with E-state index in [1.807, 2.05) is 13.0 Å². The number of carbonyl (C=O) groups excluding carboxylic acids is 1. The summed E-state index contributed by atoms with van der Waals surface area (Å²) >= 11 is 0. The highest BCUT2D eigenvalue weighted by atomic mass is 16.7. The molecule has 0 amide bonds. The fourth-order valence-electron chi connectivity index (χ4n) is 2.95. The van der Waals surface area contributed by atoms with Crippen LogP contribution in [0, 0.1) is 0 Å². The van der Waals surface area contributed by atoms with E-state index in [2.05, 4.69) is 0 Å². The number of ether oxygens (including phenoxy) is 2. The average Bonchev–Trinajstić information content (AvgIpc) is 2.65. The average molecular weight is 433 g/mol. The van der Waals surface area contributed by atoms with Crippen molar-refractivity contribution in [3.63, 3.8) is 0 Å². The Morgan fingerprint density at radius 3 is 2.30 bits per heavy atom. The zero-order chi connectivity index (χ0) is 23.1. The third-order valence-electron chi connectivity index (χ3n) is 5.10. The van der Waals surface area contributed by atoms with Crippen molar-refractivity contribution in [1.82, 2.24) is 0 Å². The predicted octanol–water partition coefficient (Wildman–Crippen LogP) is -0.0857. The van der Waals surface area contributed by atoms with Gasteiger partial charge >= 0.3 is 5.97 Å². The topological polar surface area (TPSA) is 157 Å². The first-order chi connectivity index (χ1) is 13.9. The lowest BCUT2D eigenvalue weighted by Gasteiger charge is -2.38. The summed E-state index contributed by atoms with van der Waals surface area (Å²) in [5.41, 5.74) is 0.654. The molecule has 0 aliphatic carbocycles. The minimum atomic E-state index is -1.63. The normalized spacial score (nSPS) is 29.6. The highest BCUT2D eigenvalue weighted by molar-refractivity contribution is 5.82. The van der Waals surface area contributed by atoms with E-state index in [9.17, 15) is 30.3 Å².